The van der Waals surface area contributed by atoms with Crippen molar-refractivity contribution in [2.24, 2.45) is 0 Å². The molecule has 1 aromatic heterocycles. The molecule has 0 aliphatic heterocycles. The summed E-state index contributed by atoms with van der Waals surface area (Å²) in [6.07, 6.45) is 3.05. The Morgan fingerprint density at radius 2 is 1.61 bits per heavy atom. The van der Waals surface area contributed by atoms with Gasteiger partial charge in [0, 0.05) is 59.9 Å². The molecule has 0 atom stereocenters. The fraction of sp³-hybridized carbons (Fsp3) is 0.321. The van der Waals surface area contributed by atoms with Crippen LogP contribution >= 0.6 is 0 Å². The topological polar surface area (TPSA) is 43.7 Å². The van der Waals surface area contributed by atoms with Crippen molar-refractivity contribution in [2.45, 2.75) is 19.9 Å². The highest BCUT2D eigenvalue weighted by atomic mass is 16.5. The fourth-order valence-electron chi connectivity index (χ4n) is 4.26. The van der Waals surface area contributed by atoms with Crippen molar-refractivity contribution in [3.63, 3.8) is 0 Å². The molecule has 5 nitrogen and oxygen atoms in total. The standard InChI is InChI=1S/C28H32N2O3/c1-4-18-33-19-17-29(2)15-16-30-20-25(22-10-7-8-12-26(22)30)28(31)24-13-14-27(32-3)23-11-6-5-9-21(23)24/h5-14,20H,4,15-19H2,1-3H3. The van der Waals surface area contributed by atoms with Crippen LogP contribution in [0.3, 0.4) is 0 Å². The predicted molar refractivity (Wildman–Crippen MR) is 134 cm³/mol. The molecule has 0 N–H and O–H groups in total. The minimum atomic E-state index is 0.0325. The van der Waals surface area contributed by atoms with E-state index in [2.05, 4.69) is 29.5 Å². The van der Waals surface area contributed by atoms with Gasteiger partial charge in [-0.1, -0.05) is 49.4 Å². The van der Waals surface area contributed by atoms with E-state index in [0.717, 1.165) is 72.3 Å². The Morgan fingerprint density at radius 3 is 2.36 bits per heavy atom. The summed E-state index contributed by atoms with van der Waals surface area (Å²) >= 11 is 0. The lowest BCUT2D eigenvalue weighted by Gasteiger charge is -2.17. The lowest BCUT2D eigenvalue weighted by molar-refractivity contribution is 0.104. The first-order valence-electron chi connectivity index (χ1n) is 11.6. The second-order valence-electron chi connectivity index (χ2n) is 8.36. The molecule has 172 valence electrons. The average Bonchev–Trinajstić information content (AvgIpc) is 3.23. The first kappa shape index (κ1) is 23.0. The van der Waals surface area contributed by atoms with Gasteiger partial charge in [0.2, 0.25) is 0 Å². The molecule has 0 spiro atoms. The SMILES string of the molecule is CCCOCCN(C)CCn1cc(C(=O)c2ccc(OC)c3ccccc23)c2ccccc21. The van der Waals surface area contributed by atoms with Crippen molar-refractivity contribution in [3.8, 4) is 5.75 Å². The molecule has 4 rings (SSSR count). The van der Waals surface area contributed by atoms with Crippen LogP contribution in [0.2, 0.25) is 0 Å². The molecule has 0 aliphatic carbocycles. The Morgan fingerprint density at radius 1 is 0.879 bits per heavy atom. The van der Waals surface area contributed by atoms with Gasteiger partial charge in [-0.05, 0) is 37.1 Å². The monoisotopic (exact) mass is 444 g/mol. The van der Waals surface area contributed by atoms with E-state index in [1.807, 2.05) is 60.8 Å². The number of ketones is 1. The first-order chi connectivity index (χ1) is 16.1. The van der Waals surface area contributed by atoms with Crippen molar-refractivity contribution in [1.29, 1.82) is 0 Å². The molecular weight excluding hydrogens is 412 g/mol. The highest BCUT2D eigenvalue weighted by Crippen LogP contribution is 2.31. The number of hydrogen-bond donors (Lipinski definition) is 0. The lowest BCUT2D eigenvalue weighted by atomic mass is 9.96. The third kappa shape index (κ3) is 4.95. The maximum absolute atomic E-state index is 13.7. The molecule has 3 aromatic carbocycles. The van der Waals surface area contributed by atoms with E-state index in [-0.39, 0.29) is 5.78 Å². The van der Waals surface area contributed by atoms with Crippen LogP contribution in [-0.2, 0) is 11.3 Å². The van der Waals surface area contributed by atoms with Gasteiger partial charge in [0.25, 0.3) is 0 Å². The number of carbonyl (C=O) groups is 1. The third-order valence-corrected chi connectivity index (χ3v) is 6.07. The normalized spacial score (nSPS) is 11.5. The largest absolute Gasteiger partial charge is 0.496 e. The van der Waals surface area contributed by atoms with Gasteiger partial charge in [-0.2, -0.15) is 0 Å². The van der Waals surface area contributed by atoms with Crippen LogP contribution in [0.1, 0.15) is 29.3 Å². The second kappa shape index (κ2) is 10.6. The molecule has 4 aromatic rings. The molecule has 0 saturated carbocycles. The summed E-state index contributed by atoms with van der Waals surface area (Å²) in [6, 6.07) is 19.8. The number of hydrogen-bond acceptors (Lipinski definition) is 4. The van der Waals surface area contributed by atoms with E-state index in [0.29, 0.717) is 5.56 Å². The van der Waals surface area contributed by atoms with E-state index in [9.17, 15) is 4.79 Å². The molecule has 0 aliphatic rings. The molecular formula is C28H32N2O3. The van der Waals surface area contributed by atoms with Crippen molar-refractivity contribution in [1.82, 2.24) is 9.47 Å². The quantitative estimate of drug-likeness (QED) is 0.230. The lowest BCUT2D eigenvalue weighted by Crippen LogP contribution is -2.27. The van der Waals surface area contributed by atoms with Crippen molar-refractivity contribution < 1.29 is 14.3 Å². The zero-order chi connectivity index (χ0) is 23.2. The maximum atomic E-state index is 13.7. The van der Waals surface area contributed by atoms with Crippen molar-refractivity contribution in [3.05, 3.63) is 78.0 Å². The summed E-state index contributed by atoms with van der Waals surface area (Å²) in [4.78, 5) is 16.0. The number of methoxy groups -OCH3 is 1. The highest BCUT2D eigenvalue weighted by Gasteiger charge is 2.19. The summed E-state index contributed by atoms with van der Waals surface area (Å²) < 4.78 is 13.3. The Hall–Kier alpha value is -3.15. The minimum absolute atomic E-state index is 0.0325. The van der Waals surface area contributed by atoms with Crippen LogP contribution < -0.4 is 4.74 Å². The smallest absolute Gasteiger partial charge is 0.195 e. The fourth-order valence-corrected chi connectivity index (χ4v) is 4.26. The molecule has 0 bridgehead atoms. The summed E-state index contributed by atoms with van der Waals surface area (Å²) in [5, 5.41) is 2.84. The molecule has 5 heteroatoms. The number of para-hydroxylation sites is 1. The Labute approximate surface area is 195 Å². The molecule has 0 fully saturated rings. The first-order valence-corrected chi connectivity index (χ1v) is 11.6. The number of aromatic nitrogens is 1. The summed E-state index contributed by atoms with van der Waals surface area (Å²) in [5.41, 5.74) is 2.50. The highest BCUT2D eigenvalue weighted by molar-refractivity contribution is 6.21. The van der Waals surface area contributed by atoms with E-state index in [4.69, 9.17) is 9.47 Å². The Kier molecular flexibility index (Phi) is 7.43. The maximum Gasteiger partial charge on any atom is 0.195 e. The van der Waals surface area contributed by atoms with Crippen LogP contribution in [0.25, 0.3) is 21.7 Å². The number of likely N-dealkylation sites (N-methyl/N-ethyl adjacent to an activating group) is 1. The number of nitrogens with zero attached hydrogens (tertiary/aromatic N) is 2. The average molecular weight is 445 g/mol. The molecule has 1 heterocycles. The van der Waals surface area contributed by atoms with E-state index in [1.165, 1.54) is 0 Å². The number of benzene rings is 3. The van der Waals surface area contributed by atoms with Crippen molar-refractivity contribution in [2.75, 3.05) is 40.5 Å². The summed E-state index contributed by atoms with van der Waals surface area (Å²) in [6.45, 7) is 6.25. The van der Waals surface area contributed by atoms with Gasteiger partial charge < -0.3 is 18.9 Å². The van der Waals surface area contributed by atoms with Gasteiger partial charge >= 0.3 is 0 Å². The van der Waals surface area contributed by atoms with E-state index in [1.54, 1.807) is 7.11 Å². The van der Waals surface area contributed by atoms with E-state index < -0.39 is 0 Å². The minimum Gasteiger partial charge on any atom is -0.496 e. The van der Waals surface area contributed by atoms with Crippen LogP contribution in [-0.4, -0.2) is 55.7 Å². The van der Waals surface area contributed by atoms with Gasteiger partial charge in [-0.3, -0.25) is 4.79 Å². The molecule has 0 radical (unpaired) electrons. The molecule has 0 unspecified atom stereocenters. The van der Waals surface area contributed by atoms with Gasteiger partial charge in [0.1, 0.15) is 5.75 Å². The summed E-state index contributed by atoms with van der Waals surface area (Å²) in [5.74, 6) is 0.806. The molecule has 0 amide bonds. The number of ether oxygens (including phenoxy) is 2. The zero-order valence-electron chi connectivity index (χ0n) is 19.7. The van der Waals surface area contributed by atoms with Crippen LogP contribution in [0, 0.1) is 0 Å². The zero-order valence-corrected chi connectivity index (χ0v) is 19.7. The van der Waals surface area contributed by atoms with Crippen LogP contribution in [0.4, 0.5) is 0 Å². The number of fused-ring (bicyclic) bond motifs is 2. The second-order valence-corrected chi connectivity index (χ2v) is 8.36. The third-order valence-electron chi connectivity index (χ3n) is 6.07. The van der Waals surface area contributed by atoms with Gasteiger partial charge in [-0.15, -0.1) is 0 Å². The van der Waals surface area contributed by atoms with Crippen LogP contribution in [0.5, 0.6) is 5.75 Å². The predicted octanol–water partition coefficient (Wildman–Crippen LogP) is 5.39. The van der Waals surface area contributed by atoms with Crippen molar-refractivity contribution >= 4 is 27.5 Å². The Balaban J connectivity index is 1.62. The molecule has 33 heavy (non-hydrogen) atoms. The van der Waals surface area contributed by atoms with E-state index >= 15 is 0 Å². The van der Waals surface area contributed by atoms with Crippen LogP contribution in [0.15, 0.2) is 66.9 Å². The molecule has 0 saturated heterocycles. The van der Waals surface area contributed by atoms with Gasteiger partial charge in [0.15, 0.2) is 5.78 Å². The van der Waals surface area contributed by atoms with Gasteiger partial charge in [0.05, 0.1) is 13.7 Å². The number of carbonyl (C=O) groups excluding carboxylic acids is 1. The number of rotatable bonds is 11. The Bertz CT molecular complexity index is 1240. The summed E-state index contributed by atoms with van der Waals surface area (Å²) in [7, 11) is 3.76. The van der Waals surface area contributed by atoms with Gasteiger partial charge in [-0.25, -0.2) is 0 Å².